The van der Waals surface area contributed by atoms with Crippen molar-refractivity contribution in [3.8, 4) is 28.7 Å². The molecular formula is C56H49N7O10S2. The highest BCUT2D eigenvalue weighted by Gasteiger charge is 2.24. The first-order valence-electron chi connectivity index (χ1n) is 23.2. The average Bonchev–Trinajstić information content (AvgIpc) is 3.86. The van der Waals surface area contributed by atoms with Crippen LogP contribution in [0.4, 0.5) is 17.1 Å². The summed E-state index contributed by atoms with van der Waals surface area (Å²) < 4.78 is 13.0. The van der Waals surface area contributed by atoms with Crippen LogP contribution in [-0.4, -0.2) is 71.1 Å². The SMILES string of the molecule is COc1ccc(Cn2nnnc2SCc2ccc(Oc3cc(C(=O)Nc4ccccc4C)c(O)c4ccccc34)c([N+](=O)[O-])c2)cc1.Cc1ccc(C)c(NC(=O)c2cc(SCCC(=O)O)c3ccccc3c2O)c1. The number of phenols is 2. The van der Waals surface area contributed by atoms with E-state index in [0.29, 0.717) is 56.3 Å². The summed E-state index contributed by atoms with van der Waals surface area (Å²) in [6.45, 7) is 6.15. The van der Waals surface area contributed by atoms with E-state index in [-0.39, 0.29) is 46.2 Å². The predicted octanol–water partition coefficient (Wildman–Crippen LogP) is 12.1. The number of carboxylic acid groups (broad SMARTS) is 1. The predicted molar refractivity (Wildman–Crippen MR) is 290 cm³/mol. The molecule has 1 heterocycles. The molecule has 1 aromatic heterocycles. The van der Waals surface area contributed by atoms with Gasteiger partial charge >= 0.3 is 11.7 Å². The van der Waals surface area contributed by atoms with E-state index in [4.69, 9.17) is 14.6 Å². The molecule has 2 amide bonds. The van der Waals surface area contributed by atoms with Gasteiger partial charge in [-0.15, -0.1) is 16.9 Å². The van der Waals surface area contributed by atoms with E-state index in [1.807, 2.05) is 87.5 Å². The lowest BCUT2D eigenvalue weighted by Gasteiger charge is -2.15. The van der Waals surface area contributed by atoms with Crippen LogP contribution in [0.15, 0.2) is 156 Å². The van der Waals surface area contributed by atoms with Gasteiger partial charge in [-0.25, -0.2) is 4.68 Å². The molecule has 0 spiro atoms. The number of anilines is 2. The number of nitro benzene ring substituents is 1. The Balaban J connectivity index is 0.000000227. The summed E-state index contributed by atoms with van der Waals surface area (Å²) in [5.74, 6) is -0.500. The van der Waals surface area contributed by atoms with Crippen LogP contribution in [0.5, 0.6) is 28.7 Å². The smallest absolute Gasteiger partial charge is 0.311 e. The van der Waals surface area contributed by atoms with Crippen LogP contribution < -0.4 is 20.1 Å². The fourth-order valence-electron chi connectivity index (χ4n) is 7.87. The second-order valence-corrected chi connectivity index (χ2v) is 19.2. The first kappa shape index (κ1) is 52.4. The molecule has 19 heteroatoms. The van der Waals surface area contributed by atoms with Crippen LogP contribution in [0.1, 0.15) is 55.0 Å². The number of ether oxygens (including phenoxy) is 2. The zero-order valence-electron chi connectivity index (χ0n) is 40.9. The Morgan fingerprint density at radius 1 is 0.680 bits per heavy atom. The zero-order chi connectivity index (χ0) is 53.2. The summed E-state index contributed by atoms with van der Waals surface area (Å²) in [5.41, 5.74) is 5.58. The number of aliphatic carboxylic acids is 1. The molecule has 0 radical (unpaired) electrons. The lowest BCUT2D eigenvalue weighted by molar-refractivity contribution is -0.385. The third-order valence-corrected chi connectivity index (χ3v) is 13.9. The number of thioether (sulfide) groups is 2. The summed E-state index contributed by atoms with van der Waals surface area (Å²) >= 11 is 2.70. The number of nitrogens with zero attached hydrogens (tertiary/aromatic N) is 5. The monoisotopic (exact) mass is 1040 g/mol. The molecule has 75 heavy (non-hydrogen) atoms. The Kier molecular flexibility index (Phi) is 16.6. The van der Waals surface area contributed by atoms with E-state index in [9.17, 15) is 34.7 Å². The van der Waals surface area contributed by atoms with Crippen LogP contribution in [0.25, 0.3) is 21.5 Å². The van der Waals surface area contributed by atoms with Gasteiger partial charge < -0.3 is 35.4 Å². The molecule has 8 aromatic carbocycles. The van der Waals surface area contributed by atoms with E-state index < -0.39 is 22.7 Å². The van der Waals surface area contributed by atoms with Gasteiger partial charge in [-0.3, -0.25) is 24.5 Å². The minimum Gasteiger partial charge on any atom is -0.506 e. The van der Waals surface area contributed by atoms with Crippen molar-refractivity contribution in [2.45, 2.75) is 49.5 Å². The van der Waals surface area contributed by atoms with E-state index in [1.54, 1.807) is 72.5 Å². The summed E-state index contributed by atoms with van der Waals surface area (Å²) in [5, 5.41) is 63.3. The first-order valence-corrected chi connectivity index (χ1v) is 25.2. The number of aromatic hydroxyl groups is 2. The fourth-order valence-corrected chi connectivity index (χ4v) is 9.72. The second-order valence-electron chi connectivity index (χ2n) is 17.1. The number of benzene rings is 8. The number of para-hydroxylation sites is 1. The maximum atomic E-state index is 13.3. The minimum absolute atomic E-state index is 0.0177. The van der Waals surface area contributed by atoms with Crippen molar-refractivity contribution in [3.63, 3.8) is 0 Å². The van der Waals surface area contributed by atoms with Gasteiger partial charge in [0.1, 0.15) is 23.0 Å². The Morgan fingerprint density at radius 2 is 1.29 bits per heavy atom. The van der Waals surface area contributed by atoms with Crippen LogP contribution in [0.3, 0.4) is 0 Å². The number of rotatable bonds is 17. The molecule has 0 aliphatic rings. The van der Waals surface area contributed by atoms with Gasteiger partial charge in [-0.05, 0) is 107 Å². The molecule has 5 N–H and O–H groups in total. The molecule has 0 unspecified atom stereocenters. The number of tetrazole rings is 1. The van der Waals surface area contributed by atoms with Crippen LogP contribution >= 0.6 is 23.5 Å². The van der Waals surface area contributed by atoms with E-state index >= 15 is 0 Å². The van der Waals surface area contributed by atoms with Crippen LogP contribution in [-0.2, 0) is 17.1 Å². The third kappa shape index (κ3) is 12.6. The highest BCUT2D eigenvalue weighted by molar-refractivity contribution is 7.99. The molecule has 0 saturated heterocycles. The molecule has 17 nitrogen and oxygen atoms in total. The number of amides is 2. The Labute approximate surface area is 438 Å². The van der Waals surface area contributed by atoms with Gasteiger partial charge in [-0.1, -0.05) is 109 Å². The molecule has 9 rings (SSSR count). The summed E-state index contributed by atoms with van der Waals surface area (Å²) in [6, 6.07) is 42.4. The maximum absolute atomic E-state index is 13.3. The van der Waals surface area contributed by atoms with Gasteiger partial charge in [-0.2, -0.15) is 0 Å². The number of carbonyl (C=O) groups excluding carboxylic acids is 2. The molecule has 0 saturated carbocycles. The molecule has 0 bridgehead atoms. The molecule has 0 atom stereocenters. The van der Waals surface area contributed by atoms with Crippen LogP contribution in [0, 0.1) is 30.9 Å². The Hall–Kier alpha value is -8.94. The van der Waals surface area contributed by atoms with Gasteiger partial charge in [0.05, 0.1) is 36.1 Å². The van der Waals surface area contributed by atoms with Crippen molar-refractivity contribution in [2.75, 3.05) is 23.5 Å². The number of aromatic nitrogens is 4. The lowest BCUT2D eigenvalue weighted by atomic mass is 10.0. The minimum atomic E-state index is -0.872. The van der Waals surface area contributed by atoms with Crippen molar-refractivity contribution >= 4 is 79.9 Å². The maximum Gasteiger partial charge on any atom is 0.311 e. The number of carbonyl (C=O) groups is 3. The standard InChI is InChI=1S/C34H28N6O6S.C22H21NO4S/c1-21-7-3-6-10-28(21)35-33(42)27-18-31(25-8-4-5-9-26(25)32(27)41)46-30-16-13-23(17-29(30)40(43)44)20-47-34-36-37-38-39(34)19-22-11-14-24(45-2)15-12-22;1-13-7-8-14(2)18(11-13)23-22(27)17-12-19(28-10-9-20(24)25)15-5-3-4-6-16(15)21(17)26/h3-18,41H,19-20H2,1-2H3,(H,35,42);3-8,11-12,26H,9-10H2,1-2H3,(H,23,27)(H,24,25). The normalized spacial score (nSPS) is 10.9. The van der Waals surface area contributed by atoms with Gasteiger partial charge in [0.2, 0.25) is 10.9 Å². The number of hydrogen-bond donors (Lipinski definition) is 5. The second kappa shape index (κ2) is 23.7. The summed E-state index contributed by atoms with van der Waals surface area (Å²) in [4.78, 5) is 49.5. The molecular weight excluding hydrogens is 995 g/mol. The quantitative estimate of drug-likeness (QED) is 0.0324. The van der Waals surface area contributed by atoms with E-state index in [1.165, 1.54) is 41.7 Å². The van der Waals surface area contributed by atoms with Crippen molar-refractivity contribution < 1.29 is 44.1 Å². The van der Waals surface area contributed by atoms with Crippen molar-refractivity contribution in [2.24, 2.45) is 0 Å². The summed E-state index contributed by atoms with van der Waals surface area (Å²) in [7, 11) is 1.61. The summed E-state index contributed by atoms with van der Waals surface area (Å²) in [6.07, 6.45) is 0.0177. The van der Waals surface area contributed by atoms with Crippen molar-refractivity contribution in [1.29, 1.82) is 0 Å². The average molecular weight is 1040 g/mol. The van der Waals surface area contributed by atoms with Gasteiger partial charge in [0, 0.05) is 50.0 Å². The van der Waals surface area contributed by atoms with Crippen molar-refractivity contribution in [1.82, 2.24) is 20.2 Å². The zero-order valence-corrected chi connectivity index (χ0v) is 42.6. The highest BCUT2D eigenvalue weighted by atomic mass is 32.2. The van der Waals surface area contributed by atoms with Crippen LogP contribution in [0.2, 0.25) is 0 Å². The van der Waals surface area contributed by atoms with Gasteiger partial charge in [0.25, 0.3) is 11.8 Å². The number of fused-ring (bicyclic) bond motifs is 2. The number of aryl methyl sites for hydroxylation is 3. The largest absolute Gasteiger partial charge is 0.506 e. The number of hydrogen-bond acceptors (Lipinski definition) is 14. The Bertz CT molecular complexity index is 3610. The van der Waals surface area contributed by atoms with E-state index in [2.05, 4.69) is 26.2 Å². The molecule has 9 aromatic rings. The first-order chi connectivity index (χ1) is 36.2. The topological polar surface area (TPSA) is 241 Å². The number of carboxylic acids is 1. The molecule has 0 aliphatic heterocycles. The van der Waals surface area contributed by atoms with E-state index in [0.717, 1.165) is 38.3 Å². The highest BCUT2D eigenvalue weighted by Crippen LogP contribution is 2.42. The number of methoxy groups -OCH3 is 1. The number of phenolic OH excluding ortho intramolecular Hbond substituents is 2. The van der Waals surface area contributed by atoms with Gasteiger partial charge in [0.15, 0.2) is 0 Å². The third-order valence-electron chi connectivity index (χ3n) is 11.9. The number of nitro groups is 1. The lowest BCUT2D eigenvalue weighted by Crippen LogP contribution is -2.13. The molecule has 0 fully saturated rings. The fraction of sp³-hybridized carbons (Fsp3) is 0.143. The molecule has 380 valence electrons. The Morgan fingerprint density at radius 3 is 1.97 bits per heavy atom. The number of nitrogens with one attached hydrogen (secondary N) is 2. The van der Waals surface area contributed by atoms with Crippen molar-refractivity contribution in [3.05, 3.63) is 195 Å². The molecule has 0 aliphatic carbocycles.